The highest BCUT2D eigenvalue weighted by Gasteiger charge is 1.96. The van der Waals surface area contributed by atoms with E-state index in [2.05, 4.69) is 4.84 Å². The molecule has 0 aromatic heterocycles. The number of nitrogens with zero attached hydrogens (tertiary/aromatic N) is 1. The highest BCUT2D eigenvalue weighted by atomic mass is 16.6. The minimum absolute atomic E-state index is 0.0677. The maximum atomic E-state index is 8.10. The van der Waals surface area contributed by atoms with Gasteiger partial charge in [0.25, 0.3) is 0 Å². The molecule has 1 atom stereocenters. The Labute approximate surface area is 42.0 Å². The standard InChI is InChI=1S/C3H8N2O2/c4-3(7-5)1-2-6/h3,6H,1-2,4H2. The number of nitrogens with two attached hydrogens (primary N) is 1. The molecule has 0 saturated heterocycles. The first-order chi connectivity index (χ1) is 3.31. The van der Waals surface area contributed by atoms with Crippen molar-refractivity contribution in [3.8, 4) is 0 Å². The third kappa shape index (κ3) is 3.68. The molecule has 1 unspecified atom stereocenters. The molecule has 0 aliphatic carbocycles. The summed E-state index contributed by atoms with van der Waals surface area (Å²) in [5, 5.41) is 8.10. The highest BCUT2D eigenvalue weighted by Crippen LogP contribution is 1.82. The van der Waals surface area contributed by atoms with Crippen LogP contribution in [0.3, 0.4) is 0 Å². The SMILES string of the molecule is [N]OC(N)CCO. The van der Waals surface area contributed by atoms with E-state index in [4.69, 9.17) is 16.7 Å². The molecule has 0 heterocycles. The number of aliphatic hydroxyl groups is 1. The molecule has 0 spiro atoms. The zero-order chi connectivity index (χ0) is 5.70. The maximum absolute atomic E-state index is 8.10. The third-order valence-corrected chi connectivity index (χ3v) is 0.549. The molecular weight excluding hydrogens is 96.0 g/mol. The van der Waals surface area contributed by atoms with Gasteiger partial charge in [0.2, 0.25) is 0 Å². The van der Waals surface area contributed by atoms with Crippen molar-refractivity contribution in [1.29, 1.82) is 0 Å². The molecule has 3 N–H and O–H groups in total. The Morgan fingerprint density at radius 2 is 2.43 bits per heavy atom. The molecular formula is C3H8N2O2. The van der Waals surface area contributed by atoms with Gasteiger partial charge in [0, 0.05) is 18.9 Å². The van der Waals surface area contributed by atoms with Crippen LogP contribution >= 0.6 is 0 Å². The van der Waals surface area contributed by atoms with Gasteiger partial charge in [0.05, 0.1) is 0 Å². The van der Waals surface area contributed by atoms with E-state index in [0.29, 0.717) is 0 Å². The number of hydrogen-bond acceptors (Lipinski definition) is 3. The molecule has 0 aromatic carbocycles. The fourth-order valence-electron chi connectivity index (χ4n) is 0.180. The fraction of sp³-hybridized carbons (Fsp3) is 1.00. The summed E-state index contributed by atoms with van der Waals surface area (Å²) in [7, 11) is 0. The molecule has 42 valence electrons. The summed E-state index contributed by atoms with van der Waals surface area (Å²) in [5.74, 6) is 7.73. The summed E-state index contributed by atoms with van der Waals surface area (Å²) < 4.78 is 0. The van der Waals surface area contributed by atoms with Crippen molar-refractivity contribution in [1.82, 2.24) is 5.90 Å². The predicted octanol–water partition coefficient (Wildman–Crippen LogP) is -1.35. The van der Waals surface area contributed by atoms with E-state index in [-0.39, 0.29) is 13.0 Å². The van der Waals surface area contributed by atoms with Crippen LogP contribution in [-0.2, 0) is 4.84 Å². The van der Waals surface area contributed by atoms with Crippen LogP contribution in [-0.4, -0.2) is 17.9 Å². The number of aliphatic hydroxyl groups excluding tert-OH is 1. The van der Waals surface area contributed by atoms with Crippen LogP contribution in [0.4, 0.5) is 0 Å². The molecule has 0 aliphatic rings. The first-order valence-corrected chi connectivity index (χ1v) is 1.98. The van der Waals surface area contributed by atoms with Crippen LogP contribution in [0.5, 0.6) is 0 Å². The van der Waals surface area contributed by atoms with Gasteiger partial charge in [-0.15, -0.1) is 0 Å². The fourth-order valence-corrected chi connectivity index (χ4v) is 0.180. The Bertz CT molecular complexity index is 41.9. The summed E-state index contributed by atoms with van der Waals surface area (Å²) >= 11 is 0. The van der Waals surface area contributed by atoms with Gasteiger partial charge in [0.1, 0.15) is 6.23 Å². The molecule has 4 nitrogen and oxygen atoms in total. The van der Waals surface area contributed by atoms with Gasteiger partial charge in [-0.3, -0.25) is 0 Å². The molecule has 0 aromatic rings. The smallest absolute Gasteiger partial charge is 0.133 e. The lowest BCUT2D eigenvalue weighted by Gasteiger charge is -2.00. The zero-order valence-corrected chi connectivity index (χ0v) is 3.87. The van der Waals surface area contributed by atoms with Crippen LogP contribution < -0.4 is 11.6 Å². The van der Waals surface area contributed by atoms with Crippen molar-refractivity contribution >= 4 is 0 Å². The second-order valence-corrected chi connectivity index (χ2v) is 1.16. The average molecular weight is 104 g/mol. The Morgan fingerprint density at radius 1 is 1.86 bits per heavy atom. The summed E-state index contributed by atoms with van der Waals surface area (Å²) in [6, 6.07) is 0. The molecule has 0 bridgehead atoms. The van der Waals surface area contributed by atoms with E-state index < -0.39 is 6.23 Å². The Morgan fingerprint density at radius 3 is 2.57 bits per heavy atom. The molecule has 4 heteroatoms. The van der Waals surface area contributed by atoms with E-state index in [1.54, 1.807) is 0 Å². The molecule has 0 rings (SSSR count). The normalized spacial score (nSPS) is 14.1. The minimum atomic E-state index is -0.745. The summed E-state index contributed by atoms with van der Waals surface area (Å²) in [4.78, 5) is 3.61. The maximum Gasteiger partial charge on any atom is 0.133 e. The summed E-state index contributed by atoms with van der Waals surface area (Å²) in [6.45, 7) is -0.0677. The van der Waals surface area contributed by atoms with Gasteiger partial charge in [-0.2, -0.15) is 0 Å². The van der Waals surface area contributed by atoms with E-state index >= 15 is 0 Å². The Hall–Kier alpha value is -0.160. The van der Waals surface area contributed by atoms with Crippen molar-refractivity contribution in [2.24, 2.45) is 5.73 Å². The molecule has 0 saturated carbocycles. The van der Waals surface area contributed by atoms with Crippen molar-refractivity contribution in [3.63, 3.8) is 0 Å². The Balaban J connectivity index is 2.83. The molecule has 7 heavy (non-hydrogen) atoms. The van der Waals surface area contributed by atoms with Crippen molar-refractivity contribution < 1.29 is 9.94 Å². The first-order valence-electron chi connectivity index (χ1n) is 1.98. The topological polar surface area (TPSA) is 77.8 Å². The van der Waals surface area contributed by atoms with Crippen LogP contribution in [0.15, 0.2) is 0 Å². The van der Waals surface area contributed by atoms with Crippen LogP contribution in [0, 0.1) is 0 Å². The van der Waals surface area contributed by atoms with Crippen LogP contribution in [0.25, 0.3) is 0 Å². The quantitative estimate of drug-likeness (QED) is 0.343. The van der Waals surface area contributed by atoms with E-state index in [1.807, 2.05) is 0 Å². The second-order valence-electron chi connectivity index (χ2n) is 1.16. The van der Waals surface area contributed by atoms with Gasteiger partial charge < -0.3 is 10.8 Å². The number of hydrogen-bond donors (Lipinski definition) is 2. The predicted molar refractivity (Wildman–Crippen MR) is 22.9 cm³/mol. The lowest BCUT2D eigenvalue weighted by atomic mass is 10.4. The monoisotopic (exact) mass is 104 g/mol. The minimum Gasteiger partial charge on any atom is -0.396 e. The van der Waals surface area contributed by atoms with Gasteiger partial charge in [-0.05, 0) is 0 Å². The van der Waals surface area contributed by atoms with Crippen molar-refractivity contribution in [2.45, 2.75) is 12.6 Å². The van der Waals surface area contributed by atoms with Gasteiger partial charge in [-0.25, -0.2) is 4.84 Å². The Kier molecular flexibility index (Phi) is 3.92. The van der Waals surface area contributed by atoms with Gasteiger partial charge in [0.15, 0.2) is 0 Å². The zero-order valence-electron chi connectivity index (χ0n) is 3.87. The van der Waals surface area contributed by atoms with Gasteiger partial charge >= 0.3 is 0 Å². The molecule has 2 radical (unpaired) electrons. The first kappa shape index (κ1) is 6.84. The van der Waals surface area contributed by atoms with Crippen molar-refractivity contribution in [2.75, 3.05) is 6.61 Å². The third-order valence-electron chi connectivity index (χ3n) is 0.549. The largest absolute Gasteiger partial charge is 0.396 e. The van der Waals surface area contributed by atoms with Crippen molar-refractivity contribution in [3.05, 3.63) is 0 Å². The van der Waals surface area contributed by atoms with E-state index in [9.17, 15) is 0 Å². The molecule has 0 aliphatic heterocycles. The van der Waals surface area contributed by atoms with Gasteiger partial charge in [-0.1, -0.05) is 0 Å². The number of rotatable bonds is 3. The molecule has 0 fully saturated rings. The molecule has 0 amide bonds. The second kappa shape index (κ2) is 4.01. The highest BCUT2D eigenvalue weighted by molar-refractivity contribution is 4.40. The van der Waals surface area contributed by atoms with E-state index in [0.717, 1.165) is 0 Å². The van der Waals surface area contributed by atoms with Crippen LogP contribution in [0.2, 0.25) is 0 Å². The average Bonchev–Trinajstić information content (AvgIpc) is 1.68. The summed E-state index contributed by atoms with van der Waals surface area (Å²) in [6.07, 6.45) is -0.485. The lowest BCUT2D eigenvalue weighted by Crippen LogP contribution is -2.23. The lowest BCUT2D eigenvalue weighted by molar-refractivity contribution is 0.0252. The summed E-state index contributed by atoms with van der Waals surface area (Å²) in [5.41, 5.74) is 4.95. The van der Waals surface area contributed by atoms with E-state index in [1.165, 1.54) is 0 Å². The van der Waals surface area contributed by atoms with Crippen LogP contribution in [0.1, 0.15) is 6.42 Å².